The zero-order valence-corrected chi connectivity index (χ0v) is 10.3. The molecule has 16 heavy (non-hydrogen) atoms. The Balaban J connectivity index is 2.42. The second-order valence-electron chi connectivity index (χ2n) is 5.11. The fourth-order valence-corrected chi connectivity index (χ4v) is 1.68. The van der Waals surface area contributed by atoms with Crippen LogP contribution in [0.1, 0.15) is 27.2 Å². The molecule has 0 radical (unpaired) electrons. The van der Waals surface area contributed by atoms with Crippen molar-refractivity contribution in [2.24, 2.45) is 11.7 Å². The Morgan fingerprint density at radius 2 is 2.25 bits per heavy atom. The van der Waals surface area contributed by atoms with Gasteiger partial charge < -0.3 is 20.5 Å². The summed E-state index contributed by atoms with van der Waals surface area (Å²) in [6.07, 6.45) is 0.484. The Bertz CT molecular complexity index is 238. The van der Waals surface area contributed by atoms with E-state index in [2.05, 4.69) is 5.32 Å². The summed E-state index contributed by atoms with van der Waals surface area (Å²) in [5.41, 5.74) is 5.17. The predicted octanol–water partition coefficient (Wildman–Crippen LogP) is 0.875. The monoisotopic (exact) mass is 230 g/mol. The fourth-order valence-electron chi connectivity index (χ4n) is 1.68. The van der Waals surface area contributed by atoms with Crippen LogP contribution in [0.4, 0.5) is 4.79 Å². The van der Waals surface area contributed by atoms with Gasteiger partial charge in [-0.2, -0.15) is 0 Å². The summed E-state index contributed by atoms with van der Waals surface area (Å²) in [7, 11) is 0. The molecular formula is C11H22N2O3. The first-order valence-electron chi connectivity index (χ1n) is 5.69. The van der Waals surface area contributed by atoms with E-state index in [1.165, 1.54) is 0 Å². The van der Waals surface area contributed by atoms with Crippen molar-refractivity contribution in [2.75, 3.05) is 19.8 Å². The number of carbonyl (C=O) groups excluding carboxylic acids is 1. The maximum Gasteiger partial charge on any atom is 0.407 e. The van der Waals surface area contributed by atoms with Gasteiger partial charge in [0.25, 0.3) is 0 Å². The smallest absolute Gasteiger partial charge is 0.407 e. The van der Waals surface area contributed by atoms with Crippen LogP contribution in [0.3, 0.4) is 0 Å². The standard InChI is InChI=1S/C11H22N2O3/c1-11(2,3)16-10(14)13-9-7-15-5-4-8(9)6-12/h8-9H,4-7,12H2,1-3H3,(H,13,14)/t8-,9-/m0/s1. The van der Waals surface area contributed by atoms with Gasteiger partial charge in [0.05, 0.1) is 12.6 Å². The number of hydrogen-bond acceptors (Lipinski definition) is 4. The molecule has 1 heterocycles. The molecule has 5 nitrogen and oxygen atoms in total. The van der Waals surface area contributed by atoms with Crippen LogP contribution in [0.15, 0.2) is 0 Å². The molecule has 0 aromatic rings. The van der Waals surface area contributed by atoms with E-state index in [9.17, 15) is 4.79 Å². The lowest BCUT2D eigenvalue weighted by Crippen LogP contribution is -2.50. The van der Waals surface area contributed by atoms with Gasteiger partial charge in [0.1, 0.15) is 5.60 Å². The van der Waals surface area contributed by atoms with Gasteiger partial charge in [0.15, 0.2) is 0 Å². The normalized spacial score (nSPS) is 26.2. The van der Waals surface area contributed by atoms with E-state index in [0.29, 0.717) is 19.8 Å². The van der Waals surface area contributed by atoms with Gasteiger partial charge in [-0.15, -0.1) is 0 Å². The number of nitrogens with two attached hydrogens (primary N) is 1. The molecule has 94 valence electrons. The van der Waals surface area contributed by atoms with E-state index in [-0.39, 0.29) is 12.0 Å². The summed E-state index contributed by atoms with van der Waals surface area (Å²) in [6.45, 7) is 7.30. The van der Waals surface area contributed by atoms with Crippen LogP contribution in [0.25, 0.3) is 0 Å². The molecule has 5 heteroatoms. The molecule has 1 rings (SSSR count). The third-order valence-electron chi connectivity index (χ3n) is 2.50. The highest BCUT2D eigenvalue weighted by Crippen LogP contribution is 2.15. The Labute approximate surface area is 96.7 Å². The first-order chi connectivity index (χ1) is 7.42. The van der Waals surface area contributed by atoms with Crippen LogP contribution in [-0.2, 0) is 9.47 Å². The molecule has 0 saturated carbocycles. The van der Waals surface area contributed by atoms with Crippen molar-refractivity contribution >= 4 is 6.09 Å². The summed E-state index contributed by atoms with van der Waals surface area (Å²) in [6, 6.07) is -0.0337. The minimum atomic E-state index is -0.474. The van der Waals surface area contributed by atoms with Crippen LogP contribution in [0.5, 0.6) is 0 Å². The van der Waals surface area contributed by atoms with Crippen molar-refractivity contribution in [3.63, 3.8) is 0 Å². The lowest BCUT2D eigenvalue weighted by molar-refractivity contribution is 0.0191. The van der Waals surface area contributed by atoms with Gasteiger partial charge in [-0.05, 0) is 39.7 Å². The minimum Gasteiger partial charge on any atom is -0.444 e. The first-order valence-corrected chi connectivity index (χ1v) is 5.69. The van der Waals surface area contributed by atoms with Gasteiger partial charge in [-0.25, -0.2) is 4.79 Å². The summed E-state index contributed by atoms with van der Waals surface area (Å²) in [5, 5.41) is 2.81. The van der Waals surface area contributed by atoms with Gasteiger partial charge in [-0.3, -0.25) is 0 Å². The second-order valence-corrected chi connectivity index (χ2v) is 5.11. The van der Waals surface area contributed by atoms with Crippen molar-refractivity contribution in [1.29, 1.82) is 0 Å². The molecule has 1 amide bonds. The van der Waals surface area contributed by atoms with E-state index in [4.69, 9.17) is 15.2 Å². The fraction of sp³-hybridized carbons (Fsp3) is 0.909. The predicted molar refractivity (Wildman–Crippen MR) is 61.1 cm³/mol. The Morgan fingerprint density at radius 1 is 1.56 bits per heavy atom. The number of carbonyl (C=O) groups is 1. The van der Waals surface area contributed by atoms with E-state index in [1.807, 2.05) is 20.8 Å². The second kappa shape index (κ2) is 5.50. The molecule has 1 saturated heterocycles. The maximum absolute atomic E-state index is 11.6. The summed E-state index contributed by atoms with van der Waals surface area (Å²) in [5.74, 6) is 0.279. The Hall–Kier alpha value is -0.810. The lowest BCUT2D eigenvalue weighted by Gasteiger charge is -2.32. The van der Waals surface area contributed by atoms with Crippen molar-refractivity contribution < 1.29 is 14.3 Å². The third-order valence-corrected chi connectivity index (χ3v) is 2.50. The van der Waals surface area contributed by atoms with Crippen LogP contribution in [0.2, 0.25) is 0 Å². The molecule has 0 aliphatic carbocycles. The number of nitrogens with one attached hydrogen (secondary N) is 1. The SMILES string of the molecule is CC(C)(C)OC(=O)N[C@H]1COCC[C@H]1CN. The molecular weight excluding hydrogens is 208 g/mol. The van der Waals surface area contributed by atoms with Gasteiger partial charge in [0.2, 0.25) is 0 Å². The van der Waals surface area contributed by atoms with Crippen LogP contribution < -0.4 is 11.1 Å². The zero-order chi connectivity index (χ0) is 12.2. The Kier molecular flexibility index (Phi) is 4.56. The van der Waals surface area contributed by atoms with Crippen molar-refractivity contribution in [1.82, 2.24) is 5.32 Å². The van der Waals surface area contributed by atoms with E-state index in [1.54, 1.807) is 0 Å². The molecule has 0 bridgehead atoms. The molecule has 0 aromatic heterocycles. The van der Waals surface area contributed by atoms with Gasteiger partial charge in [0, 0.05) is 6.61 Å². The molecule has 1 aliphatic heterocycles. The van der Waals surface area contributed by atoms with Crippen LogP contribution in [0, 0.1) is 5.92 Å². The van der Waals surface area contributed by atoms with Crippen LogP contribution >= 0.6 is 0 Å². The van der Waals surface area contributed by atoms with Crippen molar-refractivity contribution in [2.45, 2.75) is 38.8 Å². The summed E-state index contributed by atoms with van der Waals surface area (Å²) < 4.78 is 10.5. The van der Waals surface area contributed by atoms with Gasteiger partial charge >= 0.3 is 6.09 Å². The topological polar surface area (TPSA) is 73.6 Å². The van der Waals surface area contributed by atoms with Gasteiger partial charge in [-0.1, -0.05) is 0 Å². The van der Waals surface area contributed by atoms with Crippen molar-refractivity contribution in [3.05, 3.63) is 0 Å². The molecule has 3 N–H and O–H groups in total. The Morgan fingerprint density at radius 3 is 2.81 bits per heavy atom. The summed E-state index contributed by atoms with van der Waals surface area (Å²) in [4.78, 5) is 11.6. The zero-order valence-electron chi connectivity index (χ0n) is 10.3. The van der Waals surface area contributed by atoms with Crippen molar-refractivity contribution in [3.8, 4) is 0 Å². The van der Waals surface area contributed by atoms with E-state index >= 15 is 0 Å². The number of rotatable bonds is 2. The molecule has 2 atom stereocenters. The third kappa shape index (κ3) is 4.37. The van der Waals surface area contributed by atoms with E-state index in [0.717, 1.165) is 6.42 Å². The molecule has 1 aliphatic rings. The molecule has 0 unspecified atom stereocenters. The highest BCUT2D eigenvalue weighted by atomic mass is 16.6. The highest BCUT2D eigenvalue weighted by Gasteiger charge is 2.27. The first kappa shape index (κ1) is 13.3. The average Bonchev–Trinajstić information content (AvgIpc) is 2.15. The molecule has 1 fully saturated rings. The van der Waals surface area contributed by atoms with E-state index < -0.39 is 11.7 Å². The average molecular weight is 230 g/mol. The minimum absolute atomic E-state index is 0.0337. The maximum atomic E-state index is 11.6. The van der Waals surface area contributed by atoms with Crippen LogP contribution in [-0.4, -0.2) is 37.5 Å². The molecule has 0 aromatic carbocycles. The largest absolute Gasteiger partial charge is 0.444 e. The number of alkyl carbamates (subject to hydrolysis) is 1. The lowest BCUT2D eigenvalue weighted by atomic mass is 9.95. The summed E-state index contributed by atoms with van der Waals surface area (Å²) >= 11 is 0. The number of amides is 1. The number of ether oxygens (including phenoxy) is 2. The highest BCUT2D eigenvalue weighted by molar-refractivity contribution is 5.68. The number of hydrogen-bond donors (Lipinski definition) is 2. The quantitative estimate of drug-likeness (QED) is 0.738. The molecule has 0 spiro atoms.